The Bertz CT molecular complexity index is 95.7. The monoisotopic (exact) mass is 169 g/mol. The van der Waals surface area contributed by atoms with Crippen molar-refractivity contribution in [1.29, 1.82) is 0 Å². The summed E-state index contributed by atoms with van der Waals surface area (Å²) in [7, 11) is 0. The van der Waals surface area contributed by atoms with Crippen LogP contribution in [-0.4, -0.2) is 30.5 Å². The summed E-state index contributed by atoms with van der Waals surface area (Å²) in [6, 6.07) is 0. The molecule has 0 bridgehead atoms. The van der Waals surface area contributed by atoms with Gasteiger partial charge in [-0.05, 0) is 25.9 Å². The fourth-order valence-electron chi connectivity index (χ4n) is 1.03. The standard InChI is InChI=1S/C6H12FNO.ClH/c7-6(5-9)1-3-8-4-2-6;/h8-9H,1-5H2;1H. The topological polar surface area (TPSA) is 32.3 Å². The minimum absolute atomic E-state index is 0. The van der Waals surface area contributed by atoms with E-state index in [-0.39, 0.29) is 19.0 Å². The van der Waals surface area contributed by atoms with E-state index in [0.29, 0.717) is 25.9 Å². The van der Waals surface area contributed by atoms with Crippen molar-refractivity contribution in [2.24, 2.45) is 0 Å². The molecule has 0 aliphatic carbocycles. The van der Waals surface area contributed by atoms with Crippen LogP contribution in [0.15, 0.2) is 0 Å². The number of rotatable bonds is 1. The third-order valence-corrected chi connectivity index (χ3v) is 1.78. The number of nitrogens with one attached hydrogen (secondary N) is 1. The highest BCUT2D eigenvalue weighted by molar-refractivity contribution is 5.85. The molecule has 0 aromatic rings. The van der Waals surface area contributed by atoms with Gasteiger partial charge in [0.25, 0.3) is 0 Å². The third kappa shape index (κ3) is 2.40. The lowest BCUT2D eigenvalue weighted by Gasteiger charge is -2.27. The van der Waals surface area contributed by atoms with Gasteiger partial charge in [-0.25, -0.2) is 4.39 Å². The highest BCUT2D eigenvalue weighted by atomic mass is 35.5. The Kier molecular flexibility index (Phi) is 4.17. The van der Waals surface area contributed by atoms with E-state index in [1.54, 1.807) is 0 Å². The van der Waals surface area contributed by atoms with Crippen LogP contribution >= 0.6 is 12.4 Å². The quantitative estimate of drug-likeness (QED) is 0.599. The van der Waals surface area contributed by atoms with Crippen molar-refractivity contribution in [1.82, 2.24) is 5.32 Å². The number of hydrogen-bond donors (Lipinski definition) is 2. The molecule has 1 saturated heterocycles. The van der Waals surface area contributed by atoms with E-state index in [2.05, 4.69) is 5.32 Å². The molecule has 1 rings (SSSR count). The Balaban J connectivity index is 0.000000810. The lowest BCUT2D eigenvalue weighted by atomic mass is 9.96. The highest BCUT2D eigenvalue weighted by Gasteiger charge is 2.30. The maximum atomic E-state index is 13.0. The first-order chi connectivity index (χ1) is 4.27. The molecule has 0 amide bonds. The first-order valence-corrected chi connectivity index (χ1v) is 3.27. The van der Waals surface area contributed by atoms with Crippen molar-refractivity contribution in [2.75, 3.05) is 19.7 Å². The second kappa shape index (κ2) is 4.11. The van der Waals surface area contributed by atoms with Crippen LogP contribution in [0, 0.1) is 0 Å². The molecule has 2 nitrogen and oxygen atoms in total. The fourth-order valence-corrected chi connectivity index (χ4v) is 1.03. The predicted octanol–water partition coefficient (Wildman–Crippen LogP) is 0.492. The zero-order valence-corrected chi connectivity index (χ0v) is 6.59. The van der Waals surface area contributed by atoms with Gasteiger partial charge in [0.05, 0.1) is 6.61 Å². The summed E-state index contributed by atoms with van der Waals surface area (Å²) in [4.78, 5) is 0. The summed E-state index contributed by atoms with van der Waals surface area (Å²) in [5.74, 6) is 0. The molecule has 62 valence electrons. The van der Waals surface area contributed by atoms with Gasteiger partial charge in [0.2, 0.25) is 0 Å². The largest absolute Gasteiger partial charge is 0.393 e. The molecule has 0 atom stereocenters. The molecular formula is C6H13ClFNO. The normalized spacial score (nSPS) is 23.4. The number of alkyl halides is 1. The van der Waals surface area contributed by atoms with Gasteiger partial charge >= 0.3 is 0 Å². The molecular weight excluding hydrogens is 157 g/mol. The van der Waals surface area contributed by atoms with Crippen molar-refractivity contribution in [3.8, 4) is 0 Å². The van der Waals surface area contributed by atoms with Gasteiger partial charge in [0, 0.05) is 0 Å². The van der Waals surface area contributed by atoms with Crippen LogP contribution in [0.1, 0.15) is 12.8 Å². The molecule has 1 fully saturated rings. The van der Waals surface area contributed by atoms with Crippen molar-refractivity contribution in [3.63, 3.8) is 0 Å². The Morgan fingerprint density at radius 3 is 2.20 bits per heavy atom. The zero-order valence-electron chi connectivity index (χ0n) is 5.77. The molecule has 1 aliphatic rings. The number of hydrogen-bond acceptors (Lipinski definition) is 2. The summed E-state index contributed by atoms with van der Waals surface area (Å²) < 4.78 is 13.0. The van der Waals surface area contributed by atoms with E-state index < -0.39 is 5.67 Å². The summed E-state index contributed by atoms with van der Waals surface area (Å²) in [6.45, 7) is 1.06. The van der Waals surface area contributed by atoms with Crippen molar-refractivity contribution < 1.29 is 9.50 Å². The molecule has 0 aromatic heterocycles. The SMILES string of the molecule is Cl.OCC1(F)CCNCC1. The van der Waals surface area contributed by atoms with Crippen LogP contribution in [-0.2, 0) is 0 Å². The van der Waals surface area contributed by atoms with E-state index in [9.17, 15) is 4.39 Å². The average Bonchev–Trinajstić information content (AvgIpc) is 1.90. The number of piperidine rings is 1. The average molecular weight is 170 g/mol. The zero-order chi connectivity index (χ0) is 6.74. The maximum absolute atomic E-state index is 13.0. The van der Waals surface area contributed by atoms with E-state index in [1.165, 1.54) is 0 Å². The first kappa shape index (κ1) is 10.1. The van der Waals surface area contributed by atoms with Crippen LogP contribution in [0.2, 0.25) is 0 Å². The lowest BCUT2D eigenvalue weighted by molar-refractivity contribution is 0.0425. The minimum atomic E-state index is -1.29. The first-order valence-electron chi connectivity index (χ1n) is 3.27. The summed E-state index contributed by atoms with van der Waals surface area (Å²) in [5.41, 5.74) is -1.29. The molecule has 0 spiro atoms. The second-order valence-electron chi connectivity index (χ2n) is 2.56. The molecule has 1 aliphatic heterocycles. The molecule has 1 heterocycles. The molecule has 0 unspecified atom stereocenters. The molecule has 0 aromatic carbocycles. The Morgan fingerprint density at radius 1 is 1.40 bits per heavy atom. The van der Waals surface area contributed by atoms with Crippen LogP contribution < -0.4 is 5.32 Å². The minimum Gasteiger partial charge on any atom is -0.393 e. The van der Waals surface area contributed by atoms with Gasteiger partial charge in [-0.3, -0.25) is 0 Å². The number of aliphatic hydroxyl groups excluding tert-OH is 1. The van der Waals surface area contributed by atoms with Crippen LogP contribution in [0.5, 0.6) is 0 Å². The molecule has 0 saturated carbocycles. The molecule has 10 heavy (non-hydrogen) atoms. The third-order valence-electron chi connectivity index (χ3n) is 1.78. The van der Waals surface area contributed by atoms with Crippen molar-refractivity contribution in [3.05, 3.63) is 0 Å². The van der Waals surface area contributed by atoms with Gasteiger partial charge in [-0.15, -0.1) is 12.4 Å². The smallest absolute Gasteiger partial charge is 0.136 e. The van der Waals surface area contributed by atoms with Crippen molar-refractivity contribution in [2.45, 2.75) is 18.5 Å². The highest BCUT2D eigenvalue weighted by Crippen LogP contribution is 2.21. The van der Waals surface area contributed by atoms with Gasteiger partial charge in [-0.1, -0.05) is 0 Å². The second-order valence-corrected chi connectivity index (χ2v) is 2.56. The van der Waals surface area contributed by atoms with Crippen molar-refractivity contribution >= 4 is 12.4 Å². The maximum Gasteiger partial charge on any atom is 0.136 e. The van der Waals surface area contributed by atoms with E-state index >= 15 is 0 Å². The van der Waals surface area contributed by atoms with Crippen LogP contribution in [0.25, 0.3) is 0 Å². The predicted molar refractivity (Wildman–Crippen MR) is 40.3 cm³/mol. The summed E-state index contributed by atoms with van der Waals surface area (Å²) >= 11 is 0. The van der Waals surface area contributed by atoms with Gasteiger partial charge in [0.15, 0.2) is 0 Å². The van der Waals surface area contributed by atoms with Crippen LogP contribution in [0.4, 0.5) is 4.39 Å². The number of aliphatic hydroxyl groups is 1. The lowest BCUT2D eigenvalue weighted by Crippen LogP contribution is -2.41. The van der Waals surface area contributed by atoms with E-state index in [1.807, 2.05) is 0 Å². The summed E-state index contributed by atoms with van der Waals surface area (Å²) in [5, 5.41) is 11.6. The molecule has 0 radical (unpaired) electrons. The number of halogens is 2. The van der Waals surface area contributed by atoms with Crippen LogP contribution in [0.3, 0.4) is 0 Å². The van der Waals surface area contributed by atoms with Gasteiger partial charge in [-0.2, -0.15) is 0 Å². The Hall–Kier alpha value is 0.140. The molecule has 2 N–H and O–H groups in total. The van der Waals surface area contributed by atoms with Gasteiger partial charge in [0.1, 0.15) is 5.67 Å². The van der Waals surface area contributed by atoms with E-state index in [0.717, 1.165) is 0 Å². The fraction of sp³-hybridized carbons (Fsp3) is 1.00. The Morgan fingerprint density at radius 2 is 1.90 bits per heavy atom. The van der Waals surface area contributed by atoms with Gasteiger partial charge < -0.3 is 10.4 Å². The Labute approximate surface area is 66.2 Å². The van der Waals surface area contributed by atoms with E-state index in [4.69, 9.17) is 5.11 Å². The summed E-state index contributed by atoms with van der Waals surface area (Å²) in [6.07, 6.45) is 0.896. The molecule has 4 heteroatoms.